The summed E-state index contributed by atoms with van der Waals surface area (Å²) in [5.74, 6) is 0.532. The van der Waals surface area contributed by atoms with Crippen LogP contribution in [-0.4, -0.2) is 10.2 Å². The minimum atomic E-state index is 0.266. The molecule has 0 spiro atoms. The van der Waals surface area contributed by atoms with Crippen molar-refractivity contribution in [3.63, 3.8) is 0 Å². The van der Waals surface area contributed by atoms with Crippen LogP contribution in [0.5, 0.6) is 11.5 Å². The third-order valence-electron chi connectivity index (χ3n) is 10.3. The van der Waals surface area contributed by atoms with Gasteiger partial charge in [-0.1, -0.05) is 133 Å². The number of hydrogen-bond donors (Lipinski definition) is 2. The molecule has 3 nitrogen and oxygen atoms in total. The fourth-order valence-electron chi connectivity index (χ4n) is 7.54. The highest BCUT2D eigenvalue weighted by atomic mass is 16.3. The van der Waals surface area contributed by atoms with Crippen molar-refractivity contribution in [2.45, 2.75) is 103 Å². The SMILES string of the molecule is CCCCCCCCCCCCCCCC[n+]1c(-c2ccc(O)cc2)cc(-c2c3ccccc3cc3ccccc23)cc1-c1ccc(O)cc1. The first-order valence-electron chi connectivity index (χ1n) is 19.2. The van der Waals surface area contributed by atoms with Gasteiger partial charge in [-0.2, -0.15) is 4.57 Å². The van der Waals surface area contributed by atoms with Gasteiger partial charge in [0.15, 0.2) is 0 Å². The first-order chi connectivity index (χ1) is 24.6. The second kappa shape index (κ2) is 17.9. The summed E-state index contributed by atoms with van der Waals surface area (Å²) in [7, 11) is 0. The lowest BCUT2D eigenvalue weighted by Gasteiger charge is -2.16. The molecule has 0 atom stereocenters. The van der Waals surface area contributed by atoms with Crippen LogP contribution in [0.4, 0.5) is 0 Å². The van der Waals surface area contributed by atoms with Crippen LogP contribution in [0.15, 0.2) is 115 Å². The molecule has 0 aliphatic heterocycles. The van der Waals surface area contributed by atoms with E-state index in [1.54, 1.807) is 24.3 Å². The van der Waals surface area contributed by atoms with E-state index in [4.69, 9.17) is 0 Å². The van der Waals surface area contributed by atoms with Gasteiger partial charge in [0.1, 0.15) is 18.0 Å². The molecular weight excluding hydrogens is 611 g/mol. The van der Waals surface area contributed by atoms with E-state index >= 15 is 0 Å². The normalized spacial score (nSPS) is 11.5. The number of nitrogens with zero attached hydrogens (tertiary/aromatic N) is 1. The van der Waals surface area contributed by atoms with Crippen LogP contribution in [0.1, 0.15) is 96.8 Å². The second-order valence-corrected chi connectivity index (χ2v) is 14.0. The van der Waals surface area contributed by atoms with Crippen LogP contribution in [0.2, 0.25) is 0 Å². The molecule has 0 saturated heterocycles. The zero-order valence-corrected chi connectivity index (χ0v) is 29.9. The zero-order valence-electron chi connectivity index (χ0n) is 29.9. The van der Waals surface area contributed by atoms with Gasteiger partial charge < -0.3 is 10.2 Å². The Kier molecular flexibility index (Phi) is 12.6. The van der Waals surface area contributed by atoms with Gasteiger partial charge in [0.05, 0.1) is 0 Å². The maximum Gasteiger partial charge on any atom is 0.213 e. The molecule has 258 valence electrons. The first kappa shape index (κ1) is 35.2. The topological polar surface area (TPSA) is 44.3 Å². The van der Waals surface area contributed by atoms with Gasteiger partial charge in [-0.25, -0.2) is 0 Å². The number of rotatable bonds is 18. The van der Waals surface area contributed by atoms with E-state index in [-0.39, 0.29) is 11.5 Å². The number of pyridine rings is 1. The van der Waals surface area contributed by atoms with Gasteiger partial charge in [-0.15, -0.1) is 0 Å². The highest BCUT2D eigenvalue weighted by Gasteiger charge is 2.24. The monoisotopic (exact) mass is 664 g/mol. The molecule has 0 amide bonds. The van der Waals surface area contributed by atoms with Crippen LogP contribution in [0.25, 0.3) is 55.2 Å². The van der Waals surface area contributed by atoms with E-state index in [1.807, 2.05) is 24.3 Å². The van der Waals surface area contributed by atoms with Crippen molar-refractivity contribution in [1.29, 1.82) is 0 Å². The summed E-state index contributed by atoms with van der Waals surface area (Å²) in [5, 5.41) is 25.3. The Balaban J connectivity index is 1.28. The molecule has 1 heterocycles. The average Bonchev–Trinajstić information content (AvgIpc) is 3.14. The van der Waals surface area contributed by atoms with E-state index in [1.165, 1.54) is 111 Å². The minimum Gasteiger partial charge on any atom is -0.508 e. The van der Waals surface area contributed by atoms with Crippen molar-refractivity contribution in [3.05, 3.63) is 115 Å². The molecule has 3 heteroatoms. The van der Waals surface area contributed by atoms with Crippen LogP contribution < -0.4 is 4.57 Å². The summed E-state index contributed by atoms with van der Waals surface area (Å²) in [6.45, 7) is 3.18. The summed E-state index contributed by atoms with van der Waals surface area (Å²) in [6.07, 6.45) is 18.7. The molecule has 0 aliphatic carbocycles. The highest BCUT2D eigenvalue weighted by molar-refractivity contribution is 6.13. The van der Waals surface area contributed by atoms with Gasteiger partial charge in [0, 0.05) is 29.7 Å². The quantitative estimate of drug-likeness (QED) is 0.0545. The summed E-state index contributed by atoms with van der Waals surface area (Å²) < 4.78 is 2.45. The number of phenols is 2. The molecule has 50 heavy (non-hydrogen) atoms. The van der Waals surface area contributed by atoms with Crippen LogP contribution >= 0.6 is 0 Å². The van der Waals surface area contributed by atoms with Crippen LogP contribution in [0, 0.1) is 0 Å². The maximum atomic E-state index is 10.2. The molecule has 0 aliphatic rings. The van der Waals surface area contributed by atoms with E-state index in [0.29, 0.717) is 0 Å². The van der Waals surface area contributed by atoms with Gasteiger partial charge in [-0.3, -0.25) is 0 Å². The lowest BCUT2D eigenvalue weighted by molar-refractivity contribution is -0.675. The Hall–Kier alpha value is -4.63. The lowest BCUT2D eigenvalue weighted by atomic mass is 9.90. The summed E-state index contributed by atoms with van der Waals surface area (Å²) in [6, 6.07) is 39.5. The summed E-state index contributed by atoms with van der Waals surface area (Å²) in [5.41, 5.74) is 6.76. The molecule has 1 aromatic heterocycles. The maximum absolute atomic E-state index is 10.2. The average molecular weight is 665 g/mol. The molecular formula is C47H54NO2+. The Bertz CT molecular complexity index is 1840. The number of unbranched alkanes of at least 4 members (excludes halogenated alkanes) is 13. The summed E-state index contributed by atoms with van der Waals surface area (Å²) >= 11 is 0. The Morgan fingerprint density at radius 1 is 0.420 bits per heavy atom. The molecule has 0 fully saturated rings. The van der Waals surface area contributed by atoms with E-state index in [2.05, 4.69) is 78.2 Å². The molecule has 5 aromatic carbocycles. The van der Waals surface area contributed by atoms with Crippen molar-refractivity contribution >= 4 is 21.5 Å². The third-order valence-corrected chi connectivity index (χ3v) is 10.3. The zero-order chi connectivity index (χ0) is 34.5. The number of phenolic OH excluding ortho intramolecular Hbond substituents is 2. The molecule has 0 radical (unpaired) electrons. The smallest absolute Gasteiger partial charge is 0.213 e. The Morgan fingerprint density at radius 3 is 1.26 bits per heavy atom. The van der Waals surface area contributed by atoms with Crippen LogP contribution in [0.3, 0.4) is 0 Å². The Labute approximate surface area is 299 Å². The van der Waals surface area contributed by atoms with Gasteiger partial charge in [0.25, 0.3) is 0 Å². The van der Waals surface area contributed by atoms with Crippen molar-refractivity contribution < 1.29 is 14.8 Å². The molecule has 0 unspecified atom stereocenters. The number of aromatic nitrogens is 1. The van der Waals surface area contributed by atoms with Gasteiger partial charge in [0.2, 0.25) is 11.4 Å². The van der Waals surface area contributed by atoms with Gasteiger partial charge in [-0.05, 0) is 93.7 Å². The van der Waals surface area contributed by atoms with E-state index in [9.17, 15) is 10.2 Å². The second-order valence-electron chi connectivity index (χ2n) is 14.0. The number of hydrogen-bond acceptors (Lipinski definition) is 2. The highest BCUT2D eigenvalue weighted by Crippen LogP contribution is 2.39. The number of fused-ring (bicyclic) bond motifs is 2. The van der Waals surface area contributed by atoms with Gasteiger partial charge >= 0.3 is 0 Å². The summed E-state index contributed by atoms with van der Waals surface area (Å²) in [4.78, 5) is 0. The van der Waals surface area contributed by atoms with E-state index in [0.717, 1.165) is 41.0 Å². The van der Waals surface area contributed by atoms with Crippen LogP contribution in [-0.2, 0) is 6.54 Å². The predicted octanol–water partition coefficient (Wildman–Crippen LogP) is 13.2. The number of aromatic hydroxyl groups is 2. The largest absolute Gasteiger partial charge is 0.508 e. The molecule has 2 N–H and O–H groups in total. The molecule has 6 rings (SSSR count). The van der Waals surface area contributed by atoms with E-state index < -0.39 is 0 Å². The van der Waals surface area contributed by atoms with Crippen molar-refractivity contribution in [2.24, 2.45) is 0 Å². The predicted molar refractivity (Wildman–Crippen MR) is 212 cm³/mol. The third kappa shape index (κ3) is 8.93. The van der Waals surface area contributed by atoms with Crippen molar-refractivity contribution in [1.82, 2.24) is 0 Å². The Morgan fingerprint density at radius 2 is 0.820 bits per heavy atom. The molecule has 0 saturated carbocycles. The minimum absolute atomic E-state index is 0.266. The fraction of sp³-hybridized carbons (Fsp3) is 0.340. The fourth-order valence-corrected chi connectivity index (χ4v) is 7.54. The van der Waals surface area contributed by atoms with Crippen molar-refractivity contribution in [3.8, 4) is 45.1 Å². The molecule has 0 bridgehead atoms. The molecule has 6 aromatic rings. The standard InChI is InChI=1S/C47H53NO2/c1-2-3-4-5-6-7-8-9-10-11-12-13-14-19-32-48-45(36-24-28-41(49)29-25-36)34-40(35-46(48)37-26-30-42(50)31-27-37)47-43-22-17-15-20-38(43)33-39-21-16-18-23-44(39)47/h15-18,20-31,33-35H,2-14,19,32H2,1H3,(H,49,50)/p+1. The number of benzene rings is 5. The van der Waals surface area contributed by atoms with Crippen molar-refractivity contribution in [2.75, 3.05) is 0 Å². The lowest BCUT2D eigenvalue weighted by Crippen LogP contribution is -2.39. The first-order valence-corrected chi connectivity index (χ1v) is 19.2.